The van der Waals surface area contributed by atoms with Crippen LogP contribution >= 0.6 is 11.3 Å². The van der Waals surface area contributed by atoms with Crippen LogP contribution in [0.2, 0.25) is 0 Å². The lowest BCUT2D eigenvalue weighted by atomic mass is 10.0. The van der Waals surface area contributed by atoms with Crippen molar-refractivity contribution in [3.63, 3.8) is 0 Å². The maximum absolute atomic E-state index is 12.7. The number of hydrogen-bond donors (Lipinski definition) is 2. The van der Waals surface area contributed by atoms with Gasteiger partial charge in [0.25, 0.3) is 5.91 Å². The van der Waals surface area contributed by atoms with E-state index in [1.54, 1.807) is 30.5 Å². The van der Waals surface area contributed by atoms with Gasteiger partial charge in [-0.05, 0) is 24.6 Å². The lowest BCUT2D eigenvalue weighted by molar-refractivity contribution is -0.118. The first-order valence-corrected chi connectivity index (χ1v) is 9.06. The van der Waals surface area contributed by atoms with Gasteiger partial charge in [0.2, 0.25) is 5.91 Å². The quantitative estimate of drug-likeness (QED) is 0.703. The fourth-order valence-electron chi connectivity index (χ4n) is 2.50. The summed E-state index contributed by atoms with van der Waals surface area (Å²) < 4.78 is 0. The molecule has 0 aliphatic rings. The lowest BCUT2D eigenvalue weighted by Crippen LogP contribution is -2.45. The molecule has 132 valence electrons. The Balaban J connectivity index is 1.76. The Morgan fingerprint density at radius 2 is 1.69 bits per heavy atom. The molecule has 2 aromatic carbocycles. The molecule has 0 aliphatic carbocycles. The number of rotatable bonds is 6. The largest absolute Gasteiger partial charge is 0.340 e. The predicted octanol–water partition coefficient (Wildman–Crippen LogP) is 3.43. The average molecular weight is 365 g/mol. The molecule has 3 aromatic rings. The van der Waals surface area contributed by atoms with Crippen LogP contribution in [0.15, 0.2) is 66.9 Å². The highest BCUT2D eigenvalue weighted by molar-refractivity contribution is 7.15. The van der Waals surface area contributed by atoms with Crippen molar-refractivity contribution < 1.29 is 9.59 Å². The molecule has 6 heteroatoms. The molecule has 2 N–H and O–H groups in total. The molecular formula is C20H19N3O2S. The monoisotopic (exact) mass is 365 g/mol. The van der Waals surface area contributed by atoms with Gasteiger partial charge in [-0.2, -0.15) is 0 Å². The molecule has 2 amide bonds. The van der Waals surface area contributed by atoms with Gasteiger partial charge < -0.3 is 10.6 Å². The first kappa shape index (κ1) is 17.8. The van der Waals surface area contributed by atoms with Crippen LogP contribution in [0.5, 0.6) is 0 Å². The molecule has 0 spiro atoms. The fraction of sp³-hybridized carbons (Fsp3) is 0.150. The maximum Gasteiger partial charge on any atom is 0.251 e. The molecule has 0 radical (unpaired) electrons. The van der Waals surface area contributed by atoms with Crippen molar-refractivity contribution in [2.24, 2.45) is 0 Å². The summed E-state index contributed by atoms with van der Waals surface area (Å²) in [6.45, 7) is 1.92. The van der Waals surface area contributed by atoms with E-state index in [-0.39, 0.29) is 11.8 Å². The van der Waals surface area contributed by atoms with Gasteiger partial charge in [0.1, 0.15) is 6.04 Å². The third-order valence-electron chi connectivity index (χ3n) is 3.79. The third-order valence-corrected chi connectivity index (χ3v) is 4.62. The zero-order valence-electron chi connectivity index (χ0n) is 14.3. The smallest absolute Gasteiger partial charge is 0.251 e. The number of anilines is 1. The highest BCUT2D eigenvalue weighted by Gasteiger charge is 2.22. The third kappa shape index (κ3) is 4.77. The Morgan fingerprint density at radius 3 is 2.31 bits per heavy atom. The van der Waals surface area contributed by atoms with Crippen molar-refractivity contribution in [1.82, 2.24) is 10.3 Å². The molecule has 26 heavy (non-hydrogen) atoms. The molecular weight excluding hydrogens is 346 g/mol. The number of carbonyl (C=O) groups is 2. The van der Waals surface area contributed by atoms with Crippen LogP contribution in [-0.2, 0) is 11.2 Å². The van der Waals surface area contributed by atoms with Crippen molar-refractivity contribution in [1.29, 1.82) is 0 Å². The number of aryl methyl sites for hydroxylation is 1. The predicted molar refractivity (Wildman–Crippen MR) is 103 cm³/mol. The van der Waals surface area contributed by atoms with Crippen molar-refractivity contribution in [3.05, 3.63) is 82.9 Å². The summed E-state index contributed by atoms with van der Waals surface area (Å²) in [4.78, 5) is 30.4. The van der Waals surface area contributed by atoms with E-state index >= 15 is 0 Å². The van der Waals surface area contributed by atoms with E-state index in [2.05, 4.69) is 15.6 Å². The van der Waals surface area contributed by atoms with Gasteiger partial charge in [-0.15, -0.1) is 11.3 Å². The standard InChI is InChI=1S/C20H19N3O2S/c1-14-13-21-20(26-14)23-19(25)17(12-15-8-4-2-5-9-15)22-18(24)16-10-6-3-7-11-16/h2-11,13,17H,12H2,1H3,(H,22,24)(H,21,23,25). The van der Waals surface area contributed by atoms with E-state index in [0.29, 0.717) is 17.1 Å². The van der Waals surface area contributed by atoms with E-state index in [1.807, 2.05) is 43.3 Å². The number of carbonyl (C=O) groups excluding carboxylic acids is 2. The summed E-state index contributed by atoms with van der Waals surface area (Å²) in [6.07, 6.45) is 2.10. The van der Waals surface area contributed by atoms with Gasteiger partial charge >= 0.3 is 0 Å². The van der Waals surface area contributed by atoms with Gasteiger partial charge in [0.15, 0.2) is 5.13 Å². The molecule has 1 aromatic heterocycles. The zero-order chi connectivity index (χ0) is 18.4. The average Bonchev–Trinajstić information content (AvgIpc) is 3.07. The molecule has 5 nitrogen and oxygen atoms in total. The number of nitrogens with one attached hydrogen (secondary N) is 2. The topological polar surface area (TPSA) is 71.1 Å². The maximum atomic E-state index is 12.7. The number of amides is 2. The molecule has 1 heterocycles. The van der Waals surface area contributed by atoms with E-state index < -0.39 is 6.04 Å². The molecule has 1 atom stereocenters. The van der Waals surface area contributed by atoms with Crippen LogP contribution in [0.4, 0.5) is 5.13 Å². The molecule has 0 bridgehead atoms. The SMILES string of the molecule is Cc1cnc(NC(=O)C(Cc2ccccc2)NC(=O)c2ccccc2)s1. The van der Waals surface area contributed by atoms with Crippen molar-refractivity contribution in [3.8, 4) is 0 Å². The fourth-order valence-corrected chi connectivity index (χ4v) is 3.16. The minimum atomic E-state index is -0.700. The van der Waals surface area contributed by atoms with Crippen LogP contribution in [0.25, 0.3) is 0 Å². The van der Waals surface area contributed by atoms with Gasteiger partial charge in [0, 0.05) is 23.1 Å². The number of aromatic nitrogens is 1. The van der Waals surface area contributed by atoms with Crippen LogP contribution in [-0.4, -0.2) is 22.8 Å². The van der Waals surface area contributed by atoms with E-state index in [1.165, 1.54) is 11.3 Å². The minimum Gasteiger partial charge on any atom is -0.340 e. The molecule has 0 saturated carbocycles. The van der Waals surface area contributed by atoms with Crippen LogP contribution in [0, 0.1) is 6.92 Å². The second-order valence-corrected chi connectivity index (χ2v) is 7.08. The van der Waals surface area contributed by atoms with Gasteiger partial charge in [-0.3, -0.25) is 9.59 Å². The Kier molecular flexibility index (Phi) is 5.76. The van der Waals surface area contributed by atoms with Crippen LogP contribution in [0.1, 0.15) is 20.8 Å². The van der Waals surface area contributed by atoms with Crippen molar-refractivity contribution in [2.45, 2.75) is 19.4 Å². The van der Waals surface area contributed by atoms with E-state index in [4.69, 9.17) is 0 Å². The Morgan fingerprint density at radius 1 is 1.04 bits per heavy atom. The summed E-state index contributed by atoms with van der Waals surface area (Å²) in [5.74, 6) is -0.565. The number of nitrogens with zero attached hydrogens (tertiary/aromatic N) is 1. The Labute approximate surface area is 156 Å². The van der Waals surface area contributed by atoms with Gasteiger partial charge in [-0.1, -0.05) is 48.5 Å². The molecule has 0 saturated heterocycles. The second-order valence-electron chi connectivity index (χ2n) is 5.85. The molecule has 0 aliphatic heterocycles. The second kappa shape index (κ2) is 8.40. The summed E-state index contributed by atoms with van der Waals surface area (Å²) in [6, 6.07) is 17.8. The highest BCUT2D eigenvalue weighted by Crippen LogP contribution is 2.17. The van der Waals surface area contributed by atoms with Gasteiger partial charge in [-0.25, -0.2) is 4.98 Å². The van der Waals surface area contributed by atoms with Crippen molar-refractivity contribution in [2.75, 3.05) is 5.32 Å². The van der Waals surface area contributed by atoms with Gasteiger partial charge in [0.05, 0.1) is 0 Å². The molecule has 1 unspecified atom stereocenters. The minimum absolute atomic E-state index is 0.281. The number of thiazole rings is 1. The van der Waals surface area contributed by atoms with Crippen LogP contribution < -0.4 is 10.6 Å². The normalized spacial score (nSPS) is 11.6. The Hall–Kier alpha value is -2.99. The zero-order valence-corrected chi connectivity index (χ0v) is 15.1. The van der Waals surface area contributed by atoms with Crippen molar-refractivity contribution >= 4 is 28.3 Å². The van der Waals surface area contributed by atoms with E-state index in [9.17, 15) is 9.59 Å². The first-order chi connectivity index (χ1) is 12.6. The summed E-state index contributed by atoms with van der Waals surface area (Å²) >= 11 is 1.40. The summed E-state index contributed by atoms with van der Waals surface area (Å²) in [5.41, 5.74) is 1.49. The first-order valence-electron chi connectivity index (χ1n) is 8.25. The number of hydrogen-bond acceptors (Lipinski definition) is 4. The van der Waals surface area contributed by atoms with E-state index in [0.717, 1.165) is 10.4 Å². The highest BCUT2D eigenvalue weighted by atomic mass is 32.1. The van der Waals surface area contributed by atoms with Crippen LogP contribution in [0.3, 0.4) is 0 Å². The lowest BCUT2D eigenvalue weighted by Gasteiger charge is -2.18. The summed E-state index contributed by atoms with van der Waals surface area (Å²) in [5, 5.41) is 6.16. The summed E-state index contributed by atoms with van der Waals surface area (Å²) in [7, 11) is 0. The Bertz CT molecular complexity index is 878. The number of benzene rings is 2. The molecule has 3 rings (SSSR count). The molecule has 0 fully saturated rings.